The Balaban J connectivity index is 1.21. The molecule has 1 aromatic heterocycles. The summed E-state index contributed by atoms with van der Waals surface area (Å²) in [5.41, 5.74) is 2.45. The van der Waals surface area contributed by atoms with Gasteiger partial charge in [0.1, 0.15) is 0 Å². The first-order chi connectivity index (χ1) is 17.1. The summed E-state index contributed by atoms with van der Waals surface area (Å²) in [7, 11) is 0. The molecule has 0 bridgehead atoms. The van der Waals surface area contributed by atoms with Crippen LogP contribution in [0.3, 0.4) is 0 Å². The van der Waals surface area contributed by atoms with Crippen LogP contribution in [0.5, 0.6) is 0 Å². The number of rotatable bonds is 4. The molecule has 4 aliphatic rings. The fourth-order valence-corrected chi connectivity index (χ4v) is 11.0. The minimum Gasteiger partial charge on any atom is -0.393 e. The molecule has 0 saturated heterocycles. The first-order valence-corrected chi connectivity index (χ1v) is 15.3. The molecular weight excluding hydrogens is 466 g/mol. The molecule has 4 saturated carbocycles. The number of nitrogens with zero attached hydrogens (tertiary/aromatic N) is 1. The van der Waals surface area contributed by atoms with Crippen molar-refractivity contribution in [2.24, 2.45) is 46.3 Å². The third-order valence-electron chi connectivity index (χ3n) is 12.0. The smallest absolute Gasteiger partial charge is 0.0938 e. The molecule has 2 aromatic rings. The summed E-state index contributed by atoms with van der Waals surface area (Å²) in [4.78, 5) is 4.92. The normalized spacial score (nSPS) is 45.2. The van der Waals surface area contributed by atoms with E-state index in [1.54, 1.807) is 0 Å². The van der Waals surface area contributed by atoms with E-state index in [1.807, 2.05) is 11.3 Å². The Morgan fingerprint density at radius 1 is 1.06 bits per heavy atom. The topological polar surface area (TPSA) is 73.6 Å². The van der Waals surface area contributed by atoms with Crippen LogP contribution in [0, 0.1) is 53.3 Å². The summed E-state index contributed by atoms with van der Waals surface area (Å²) < 4.78 is 1.31. The van der Waals surface area contributed by atoms with E-state index in [1.165, 1.54) is 15.3 Å². The van der Waals surface area contributed by atoms with Crippen molar-refractivity contribution >= 4 is 21.6 Å². The summed E-state index contributed by atoms with van der Waals surface area (Å²) in [5, 5.41) is 34.9. The zero-order valence-electron chi connectivity index (χ0n) is 22.5. The largest absolute Gasteiger partial charge is 0.393 e. The highest BCUT2D eigenvalue weighted by molar-refractivity contribution is 7.18. The van der Waals surface area contributed by atoms with Crippen molar-refractivity contribution in [2.75, 3.05) is 0 Å². The lowest BCUT2D eigenvalue weighted by Gasteiger charge is -2.63. The fraction of sp³-hybridized carbons (Fsp3) is 0.774. The first-order valence-electron chi connectivity index (χ1n) is 14.5. The van der Waals surface area contributed by atoms with Gasteiger partial charge in [0.15, 0.2) is 0 Å². The summed E-state index contributed by atoms with van der Waals surface area (Å²) in [6, 6.07) is 6.39. The average Bonchev–Trinajstić information content (AvgIpc) is 3.42. The minimum atomic E-state index is -0.307. The highest BCUT2D eigenvalue weighted by Crippen LogP contribution is 2.68. The molecule has 198 valence electrons. The zero-order valence-corrected chi connectivity index (χ0v) is 23.3. The van der Waals surface area contributed by atoms with E-state index in [2.05, 4.69) is 45.9 Å². The SMILES string of the molecule is Cc1cccc2nc(CCC(C)[C@H]3CC[C@H]4[C@@H]5[C@H](O)C[C@@H]6C[C@H](O)CC[C@]6(C)[C@H]5C[C@H](O)[C@]34C)sc12. The van der Waals surface area contributed by atoms with Gasteiger partial charge >= 0.3 is 0 Å². The van der Waals surface area contributed by atoms with Gasteiger partial charge in [-0.15, -0.1) is 11.3 Å². The van der Waals surface area contributed by atoms with Gasteiger partial charge < -0.3 is 15.3 Å². The van der Waals surface area contributed by atoms with Crippen LogP contribution >= 0.6 is 11.3 Å². The maximum absolute atomic E-state index is 11.8. The number of thiazole rings is 1. The molecule has 1 aromatic carbocycles. The molecule has 11 atom stereocenters. The van der Waals surface area contributed by atoms with Gasteiger partial charge in [0.2, 0.25) is 0 Å². The van der Waals surface area contributed by atoms with E-state index in [0.29, 0.717) is 35.5 Å². The third-order valence-corrected chi connectivity index (χ3v) is 13.3. The van der Waals surface area contributed by atoms with E-state index in [9.17, 15) is 15.3 Å². The molecule has 0 aliphatic heterocycles. The van der Waals surface area contributed by atoms with Crippen molar-refractivity contribution in [3.63, 3.8) is 0 Å². The van der Waals surface area contributed by atoms with Crippen LogP contribution in [0.15, 0.2) is 18.2 Å². The van der Waals surface area contributed by atoms with Crippen LogP contribution in [0.4, 0.5) is 0 Å². The lowest BCUT2D eigenvalue weighted by molar-refractivity contribution is -0.207. The van der Waals surface area contributed by atoms with Crippen molar-refractivity contribution in [2.45, 2.75) is 104 Å². The molecule has 4 nitrogen and oxygen atoms in total. The maximum Gasteiger partial charge on any atom is 0.0938 e. The zero-order chi connectivity index (χ0) is 25.4. The van der Waals surface area contributed by atoms with Crippen LogP contribution in [0.25, 0.3) is 10.2 Å². The van der Waals surface area contributed by atoms with E-state index >= 15 is 0 Å². The predicted molar refractivity (Wildman–Crippen MR) is 146 cm³/mol. The van der Waals surface area contributed by atoms with Gasteiger partial charge in [-0.2, -0.15) is 0 Å². The van der Waals surface area contributed by atoms with Gasteiger partial charge in [-0.25, -0.2) is 4.98 Å². The van der Waals surface area contributed by atoms with Gasteiger partial charge in [-0.1, -0.05) is 32.9 Å². The second kappa shape index (κ2) is 9.03. The van der Waals surface area contributed by atoms with Gasteiger partial charge in [-0.3, -0.25) is 0 Å². The Bertz CT molecular complexity index is 1120. The van der Waals surface area contributed by atoms with Gasteiger partial charge in [0, 0.05) is 0 Å². The molecule has 1 unspecified atom stereocenters. The van der Waals surface area contributed by atoms with Crippen molar-refractivity contribution in [3.8, 4) is 0 Å². The van der Waals surface area contributed by atoms with E-state index < -0.39 is 0 Å². The molecule has 6 rings (SSSR count). The van der Waals surface area contributed by atoms with Crippen molar-refractivity contribution < 1.29 is 15.3 Å². The number of aromatic nitrogens is 1. The van der Waals surface area contributed by atoms with Crippen LogP contribution in [0.2, 0.25) is 0 Å². The molecule has 4 fully saturated rings. The maximum atomic E-state index is 11.8. The molecule has 1 heterocycles. The highest BCUT2D eigenvalue weighted by Gasteiger charge is 2.65. The van der Waals surface area contributed by atoms with Crippen molar-refractivity contribution in [1.82, 2.24) is 4.98 Å². The number of hydrogen-bond donors (Lipinski definition) is 3. The molecule has 36 heavy (non-hydrogen) atoms. The lowest BCUT2D eigenvalue weighted by Crippen LogP contribution is -2.62. The molecule has 3 N–H and O–H groups in total. The monoisotopic (exact) mass is 511 g/mol. The number of aliphatic hydroxyl groups is 3. The fourth-order valence-electron chi connectivity index (χ4n) is 9.92. The predicted octanol–water partition coefficient (Wildman–Crippen LogP) is 6.13. The van der Waals surface area contributed by atoms with E-state index in [0.717, 1.165) is 63.3 Å². The summed E-state index contributed by atoms with van der Waals surface area (Å²) in [6.07, 6.45) is 7.94. The van der Waals surface area contributed by atoms with Crippen molar-refractivity contribution in [1.29, 1.82) is 0 Å². The Kier molecular flexibility index (Phi) is 6.34. The van der Waals surface area contributed by atoms with Gasteiger partial charge in [-0.05, 0) is 123 Å². The van der Waals surface area contributed by atoms with E-state index in [4.69, 9.17) is 4.98 Å². The number of benzene rings is 1. The van der Waals surface area contributed by atoms with E-state index in [-0.39, 0.29) is 29.1 Å². The standard InChI is InChI=1S/C31H45NO3S/c1-17(8-11-27-32-24-7-5-6-18(2)29(24)36-27)21-9-10-22-28-23(16-26(35)31(21,22)4)30(3)13-12-20(33)14-19(30)15-25(28)34/h5-7,17,19-23,25-26,28,33-35H,8-16H2,1-4H3/t17?,19-,20+,21+,22-,23-,25+,26-,28-,30-,31+/m0/s1. The minimum absolute atomic E-state index is 0.122. The first kappa shape index (κ1) is 25.3. The van der Waals surface area contributed by atoms with Crippen LogP contribution in [-0.2, 0) is 6.42 Å². The van der Waals surface area contributed by atoms with Gasteiger partial charge in [0.05, 0.1) is 33.5 Å². The molecule has 4 aliphatic carbocycles. The lowest BCUT2D eigenvalue weighted by atomic mass is 9.43. The Morgan fingerprint density at radius 2 is 1.86 bits per heavy atom. The summed E-state index contributed by atoms with van der Waals surface area (Å²) in [6.45, 7) is 9.34. The molecule has 5 heteroatoms. The quantitative estimate of drug-likeness (QED) is 0.461. The molecular formula is C31H45NO3S. The Labute approximate surface area is 220 Å². The molecule has 0 radical (unpaired) electrons. The average molecular weight is 512 g/mol. The van der Waals surface area contributed by atoms with Crippen LogP contribution in [-0.4, -0.2) is 38.6 Å². The van der Waals surface area contributed by atoms with Crippen LogP contribution < -0.4 is 0 Å². The van der Waals surface area contributed by atoms with Gasteiger partial charge in [0.25, 0.3) is 0 Å². The van der Waals surface area contributed by atoms with Crippen molar-refractivity contribution in [3.05, 3.63) is 28.8 Å². The molecule has 0 amide bonds. The Hall–Kier alpha value is -1.01. The number of fused-ring (bicyclic) bond motifs is 6. The number of hydrogen-bond acceptors (Lipinski definition) is 5. The van der Waals surface area contributed by atoms with Crippen LogP contribution in [0.1, 0.15) is 82.7 Å². The third kappa shape index (κ3) is 3.74. The Morgan fingerprint density at radius 3 is 2.64 bits per heavy atom. The second-order valence-corrected chi connectivity index (χ2v) is 14.7. The number of aryl methyl sites for hydroxylation is 2. The summed E-state index contributed by atoms with van der Waals surface area (Å²) in [5.74, 6) is 2.44. The molecule has 0 spiro atoms. The highest BCUT2D eigenvalue weighted by atomic mass is 32.1. The number of aliphatic hydroxyl groups excluding tert-OH is 3. The summed E-state index contributed by atoms with van der Waals surface area (Å²) >= 11 is 1.84. The second-order valence-electron chi connectivity index (χ2n) is 13.6.